The fourth-order valence-electron chi connectivity index (χ4n) is 0.911. The number of carbonyl (C=O) groups excluding carboxylic acids is 1. The van der Waals surface area contributed by atoms with Gasteiger partial charge in [-0.15, -0.1) is 12.3 Å². The van der Waals surface area contributed by atoms with Crippen LogP contribution in [0.3, 0.4) is 0 Å². The van der Waals surface area contributed by atoms with E-state index < -0.39 is 6.04 Å². The average Bonchev–Trinajstić information content (AvgIpc) is 2.02. The Morgan fingerprint density at radius 2 is 2.14 bits per heavy atom. The third-order valence-corrected chi connectivity index (χ3v) is 1.85. The molecule has 3 N–H and O–H groups in total. The van der Waals surface area contributed by atoms with Gasteiger partial charge in [-0.2, -0.15) is 0 Å². The molecule has 0 saturated heterocycles. The predicted octanol–water partition coefficient (Wildman–Crippen LogP) is 0.889. The van der Waals surface area contributed by atoms with Gasteiger partial charge in [-0.3, -0.25) is 4.79 Å². The van der Waals surface area contributed by atoms with Crippen LogP contribution in [0.4, 0.5) is 0 Å². The quantitative estimate of drug-likeness (QED) is 0.656. The highest BCUT2D eigenvalue weighted by Gasteiger charge is 2.13. The molecule has 14 heavy (non-hydrogen) atoms. The fourth-order valence-corrected chi connectivity index (χ4v) is 0.911. The first-order valence-electron chi connectivity index (χ1n) is 4.83. The second kappa shape index (κ2) is 5.66. The highest BCUT2D eigenvalue weighted by atomic mass is 16.2. The standard InChI is InChI=1S/C11H20N2O/c1-5-6-9(12)10(14)13-8-7-11(2,3)4/h1,9H,6-8,12H2,2-4H3,(H,13,14). The lowest BCUT2D eigenvalue weighted by Gasteiger charge is -2.18. The van der Waals surface area contributed by atoms with Crippen molar-refractivity contribution < 1.29 is 4.79 Å². The Balaban J connectivity index is 3.71. The maximum absolute atomic E-state index is 11.3. The Bertz CT molecular complexity index is 222. The zero-order valence-electron chi connectivity index (χ0n) is 9.26. The maximum atomic E-state index is 11.3. The highest BCUT2D eigenvalue weighted by molar-refractivity contribution is 5.81. The number of amides is 1. The van der Waals surface area contributed by atoms with Crippen LogP contribution in [0.25, 0.3) is 0 Å². The molecule has 0 saturated carbocycles. The van der Waals surface area contributed by atoms with Crippen LogP contribution in [-0.4, -0.2) is 18.5 Å². The summed E-state index contributed by atoms with van der Waals surface area (Å²) in [5.41, 5.74) is 5.75. The zero-order chi connectivity index (χ0) is 11.2. The molecular formula is C11H20N2O. The predicted molar refractivity (Wildman–Crippen MR) is 58.5 cm³/mol. The van der Waals surface area contributed by atoms with Crippen molar-refractivity contribution in [1.82, 2.24) is 5.32 Å². The minimum atomic E-state index is -0.569. The molecule has 3 heteroatoms. The summed E-state index contributed by atoms with van der Waals surface area (Å²) >= 11 is 0. The van der Waals surface area contributed by atoms with Crippen LogP contribution in [0.15, 0.2) is 0 Å². The van der Waals surface area contributed by atoms with Gasteiger partial charge in [-0.05, 0) is 11.8 Å². The van der Waals surface area contributed by atoms with E-state index in [1.54, 1.807) is 0 Å². The summed E-state index contributed by atoms with van der Waals surface area (Å²) in [6.07, 6.45) is 6.28. The molecule has 0 aliphatic heterocycles. The molecule has 0 heterocycles. The van der Waals surface area contributed by atoms with Crippen LogP contribution >= 0.6 is 0 Å². The normalized spacial score (nSPS) is 13.1. The van der Waals surface area contributed by atoms with E-state index in [4.69, 9.17) is 12.2 Å². The molecule has 0 aliphatic carbocycles. The summed E-state index contributed by atoms with van der Waals surface area (Å²) in [5.74, 6) is 2.21. The Kier molecular flexibility index (Phi) is 5.26. The minimum absolute atomic E-state index is 0.160. The number of nitrogens with two attached hydrogens (primary N) is 1. The molecule has 0 fully saturated rings. The van der Waals surface area contributed by atoms with E-state index in [-0.39, 0.29) is 11.3 Å². The van der Waals surface area contributed by atoms with Crippen LogP contribution in [0, 0.1) is 17.8 Å². The molecule has 1 atom stereocenters. The van der Waals surface area contributed by atoms with Gasteiger partial charge in [0.15, 0.2) is 0 Å². The lowest BCUT2D eigenvalue weighted by atomic mass is 9.92. The molecule has 0 aromatic heterocycles. The second-order valence-corrected chi connectivity index (χ2v) is 4.62. The monoisotopic (exact) mass is 196 g/mol. The number of rotatable bonds is 4. The van der Waals surface area contributed by atoms with Gasteiger partial charge in [-0.25, -0.2) is 0 Å². The molecule has 0 spiro atoms. The van der Waals surface area contributed by atoms with Gasteiger partial charge in [0.05, 0.1) is 6.04 Å². The lowest BCUT2D eigenvalue weighted by molar-refractivity contribution is -0.122. The number of nitrogens with one attached hydrogen (secondary N) is 1. The van der Waals surface area contributed by atoms with Crippen LogP contribution in [0.5, 0.6) is 0 Å². The van der Waals surface area contributed by atoms with Crippen LogP contribution < -0.4 is 11.1 Å². The topological polar surface area (TPSA) is 55.1 Å². The third kappa shape index (κ3) is 6.50. The van der Waals surface area contributed by atoms with Gasteiger partial charge in [0.1, 0.15) is 0 Å². The molecule has 0 aromatic rings. The summed E-state index contributed by atoms with van der Waals surface area (Å²) in [5, 5.41) is 2.76. The molecule has 0 aliphatic rings. The van der Waals surface area contributed by atoms with Gasteiger partial charge in [-0.1, -0.05) is 20.8 Å². The molecule has 0 rings (SSSR count). The van der Waals surface area contributed by atoms with Gasteiger partial charge in [0, 0.05) is 13.0 Å². The first kappa shape index (κ1) is 13.0. The largest absolute Gasteiger partial charge is 0.355 e. The van der Waals surface area contributed by atoms with Crippen LogP contribution in [-0.2, 0) is 4.79 Å². The molecule has 0 bridgehead atoms. The number of carbonyl (C=O) groups is 1. The van der Waals surface area contributed by atoms with Gasteiger partial charge in [0.2, 0.25) is 5.91 Å². The van der Waals surface area contributed by atoms with Gasteiger partial charge in [0.25, 0.3) is 0 Å². The summed E-state index contributed by atoms with van der Waals surface area (Å²) in [6, 6.07) is -0.569. The summed E-state index contributed by atoms with van der Waals surface area (Å²) < 4.78 is 0. The van der Waals surface area contributed by atoms with Crippen molar-refractivity contribution in [2.24, 2.45) is 11.1 Å². The van der Waals surface area contributed by atoms with E-state index in [1.807, 2.05) is 0 Å². The summed E-state index contributed by atoms with van der Waals surface area (Å²) in [7, 11) is 0. The average molecular weight is 196 g/mol. The first-order chi connectivity index (χ1) is 6.37. The molecule has 0 radical (unpaired) electrons. The van der Waals surface area contributed by atoms with Crippen molar-refractivity contribution in [3.8, 4) is 12.3 Å². The fraction of sp³-hybridized carbons (Fsp3) is 0.727. The van der Waals surface area contributed by atoms with Crippen LogP contribution in [0.2, 0.25) is 0 Å². The highest BCUT2D eigenvalue weighted by Crippen LogP contribution is 2.16. The van der Waals surface area contributed by atoms with E-state index in [9.17, 15) is 4.79 Å². The minimum Gasteiger partial charge on any atom is -0.355 e. The van der Waals surface area contributed by atoms with E-state index >= 15 is 0 Å². The Morgan fingerprint density at radius 1 is 1.57 bits per heavy atom. The Labute approximate surface area is 86.4 Å². The second-order valence-electron chi connectivity index (χ2n) is 4.62. The van der Waals surface area contributed by atoms with Crippen molar-refractivity contribution in [2.75, 3.05) is 6.54 Å². The molecule has 80 valence electrons. The zero-order valence-corrected chi connectivity index (χ0v) is 9.26. The van der Waals surface area contributed by atoms with E-state index in [0.717, 1.165) is 6.42 Å². The Hall–Kier alpha value is -1.01. The molecule has 1 unspecified atom stereocenters. The number of terminal acetylenes is 1. The van der Waals surface area contributed by atoms with Crippen molar-refractivity contribution >= 4 is 5.91 Å². The first-order valence-corrected chi connectivity index (χ1v) is 4.83. The van der Waals surface area contributed by atoms with Crippen molar-refractivity contribution in [2.45, 2.75) is 39.7 Å². The van der Waals surface area contributed by atoms with Crippen molar-refractivity contribution in [3.63, 3.8) is 0 Å². The molecule has 0 aromatic carbocycles. The smallest absolute Gasteiger partial charge is 0.237 e. The molecular weight excluding hydrogens is 176 g/mol. The van der Waals surface area contributed by atoms with E-state index in [0.29, 0.717) is 13.0 Å². The van der Waals surface area contributed by atoms with E-state index in [1.165, 1.54) is 0 Å². The third-order valence-electron chi connectivity index (χ3n) is 1.85. The van der Waals surface area contributed by atoms with Crippen molar-refractivity contribution in [3.05, 3.63) is 0 Å². The number of hydrogen-bond acceptors (Lipinski definition) is 2. The van der Waals surface area contributed by atoms with Gasteiger partial charge < -0.3 is 11.1 Å². The maximum Gasteiger partial charge on any atom is 0.237 e. The van der Waals surface area contributed by atoms with E-state index in [2.05, 4.69) is 32.0 Å². The summed E-state index contributed by atoms with van der Waals surface area (Å²) in [6.45, 7) is 7.03. The number of hydrogen-bond donors (Lipinski definition) is 2. The van der Waals surface area contributed by atoms with Crippen molar-refractivity contribution in [1.29, 1.82) is 0 Å². The Morgan fingerprint density at radius 3 is 2.57 bits per heavy atom. The lowest BCUT2D eigenvalue weighted by Crippen LogP contribution is -2.41. The van der Waals surface area contributed by atoms with Gasteiger partial charge >= 0.3 is 0 Å². The van der Waals surface area contributed by atoms with Crippen LogP contribution in [0.1, 0.15) is 33.6 Å². The molecule has 1 amide bonds. The molecule has 3 nitrogen and oxygen atoms in total. The summed E-state index contributed by atoms with van der Waals surface area (Å²) in [4.78, 5) is 11.3. The SMILES string of the molecule is C#CCC(N)C(=O)NCCC(C)(C)C.